The summed E-state index contributed by atoms with van der Waals surface area (Å²) in [5.74, 6) is 9.24. The van der Waals surface area contributed by atoms with Crippen LogP contribution in [-0.4, -0.2) is 16.5 Å². The molecular weight excluding hydrogens is 226 g/mol. The van der Waals surface area contributed by atoms with E-state index in [1.807, 2.05) is 13.0 Å². The molecule has 4 N–H and O–H groups in total. The van der Waals surface area contributed by atoms with Crippen LogP contribution in [0, 0.1) is 18.8 Å². The van der Waals surface area contributed by atoms with Gasteiger partial charge in [0.1, 0.15) is 17.5 Å². The minimum atomic E-state index is 0.655. The molecule has 1 aromatic rings. The first-order valence-electron chi connectivity index (χ1n) is 6.73. The minimum absolute atomic E-state index is 0.655. The van der Waals surface area contributed by atoms with Gasteiger partial charge in [0.15, 0.2) is 0 Å². The first-order chi connectivity index (χ1) is 8.67. The topological polar surface area (TPSA) is 75.9 Å². The van der Waals surface area contributed by atoms with E-state index in [9.17, 15) is 0 Å². The van der Waals surface area contributed by atoms with Crippen molar-refractivity contribution in [2.75, 3.05) is 17.3 Å². The first kappa shape index (κ1) is 13.1. The summed E-state index contributed by atoms with van der Waals surface area (Å²) in [5, 5.41) is 3.40. The van der Waals surface area contributed by atoms with Crippen LogP contribution in [0.25, 0.3) is 0 Å². The van der Waals surface area contributed by atoms with Crippen molar-refractivity contribution in [3.05, 3.63) is 11.9 Å². The predicted octanol–water partition coefficient (Wildman–Crippen LogP) is 2.31. The van der Waals surface area contributed by atoms with Gasteiger partial charge in [0.25, 0.3) is 0 Å². The maximum Gasteiger partial charge on any atom is 0.145 e. The van der Waals surface area contributed by atoms with Crippen LogP contribution >= 0.6 is 0 Å². The van der Waals surface area contributed by atoms with Crippen LogP contribution in [0.4, 0.5) is 11.6 Å². The Morgan fingerprint density at radius 1 is 1.33 bits per heavy atom. The highest BCUT2D eigenvalue weighted by molar-refractivity contribution is 5.46. The lowest BCUT2D eigenvalue weighted by molar-refractivity contribution is 0.293. The van der Waals surface area contributed by atoms with Crippen LogP contribution in [0.15, 0.2) is 6.07 Å². The van der Waals surface area contributed by atoms with Gasteiger partial charge in [-0.3, -0.25) is 0 Å². The van der Waals surface area contributed by atoms with E-state index in [4.69, 9.17) is 5.84 Å². The van der Waals surface area contributed by atoms with Gasteiger partial charge in [0.05, 0.1) is 0 Å². The summed E-state index contributed by atoms with van der Waals surface area (Å²) < 4.78 is 0. The van der Waals surface area contributed by atoms with Gasteiger partial charge < -0.3 is 10.7 Å². The zero-order valence-corrected chi connectivity index (χ0v) is 11.2. The number of hydrazine groups is 1. The van der Waals surface area contributed by atoms with Gasteiger partial charge in [-0.25, -0.2) is 15.8 Å². The van der Waals surface area contributed by atoms with E-state index < -0.39 is 0 Å². The SMILES string of the molecule is Cc1nc(NN)cc(NCC2CCCC(C)C2)n1. The molecule has 18 heavy (non-hydrogen) atoms. The molecule has 100 valence electrons. The Labute approximate surface area is 109 Å². The van der Waals surface area contributed by atoms with E-state index in [0.717, 1.165) is 30.0 Å². The highest BCUT2D eigenvalue weighted by atomic mass is 15.3. The van der Waals surface area contributed by atoms with Gasteiger partial charge in [-0.15, -0.1) is 0 Å². The third kappa shape index (κ3) is 3.57. The van der Waals surface area contributed by atoms with Gasteiger partial charge in [-0.05, 0) is 31.6 Å². The van der Waals surface area contributed by atoms with Crippen molar-refractivity contribution >= 4 is 11.6 Å². The van der Waals surface area contributed by atoms with Crippen LogP contribution in [0.1, 0.15) is 38.4 Å². The van der Waals surface area contributed by atoms with E-state index in [0.29, 0.717) is 5.82 Å². The maximum atomic E-state index is 5.38. The molecule has 2 atom stereocenters. The Morgan fingerprint density at radius 2 is 2.11 bits per heavy atom. The van der Waals surface area contributed by atoms with Crippen molar-refractivity contribution in [3.8, 4) is 0 Å². The van der Waals surface area contributed by atoms with E-state index in [-0.39, 0.29) is 0 Å². The molecule has 5 nitrogen and oxygen atoms in total. The summed E-state index contributed by atoms with van der Waals surface area (Å²) >= 11 is 0. The van der Waals surface area contributed by atoms with E-state index in [1.165, 1.54) is 25.7 Å². The van der Waals surface area contributed by atoms with Crippen LogP contribution < -0.4 is 16.6 Å². The number of hydrogen-bond acceptors (Lipinski definition) is 5. The Kier molecular flexibility index (Phi) is 4.36. The van der Waals surface area contributed by atoms with Crippen molar-refractivity contribution < 1.29 is 0 Å². The lowest BCUT2D eigenvalue weighted by Crippen LogP contribution is -2.21. The van der Waals surface area contributed by atoms with E-state index in [2.05, 4.69) is 27.6 Å². The summed E-state index contributed by atoms with van der Waals surface area (Å²) in [6.07, 6.45) is 5.37. The van der Waals surface area contributed by atoms with Crippen LogP contribution in [0.3, 0.4) is 0 Å². The lowest BCUT2D eigenvalue weighted by Gasteiger charge is -2.27. The number of rotatable bonds is 4. The largest absolute Gasteiger partial charge is 0.370 e. The van der Waals surface area contributed by atoms with E-state index in [1.54, 1.807) is 0 Å². The van der Waals surface area contributed by atoms with Crippen LogP contribution in [-0.2, 0) is 0 Å². The number of nitrogens with two attached hydrogens (primary N) is 1. The summed E-state index contributed by atoms with van der Waals surface area (Å²) in [5.41, 5.74) is 2.56. The number of aromatic nitrogens is 2. The van der Waals surface area contributed by atoms with Crippen LogP contribution in [0.5, 0.6) is 0 Å². The molecule has 0 spiro atoms. The molecule has 0 aliphatic heterocycles. The number of anilines is 2. The van der Waals surface area contributed by atoms with Gasteiger partial charge in [-0.2, -0.15) is 0 Å². The average molecular weight is 249 g/mol. The molecule has 1 aromatic heterocycles. The second-order valence-electron chi connectivity index (χ2n) is 5.35. The molecular formula is C13H23N5. The fraction of sp³-hybridized carbons (Fsp3) is 0.692. The molecule has 0 saturated heterocycles. The van der Waals surface area contributed by atoms with Crippen LogP contribution in [0.2, 0.25) is 0 Å². The Balaban J connectivity index is 1.91. The Morgan fingerprint density at radius 3 is 2.83 bits per heavy atom. The zero-order chi connectivity index (χ0) is 13.0. The summed E-state index contributed by atoms with van der Waals surface area (Å²) in [6, 6.07) is 1.85. The summed E-state index contributed by atoms with van der Waals surface area (Å²) in [7, 11) is 0. The van der Waals surface area contributed by atoms with E-state index >= 15 is 0 Å². The molecule has 1 saturated carbocycles. The smallest absolute Gasteiger partial charge is 0.145 e. The van der Waals surface area contributed by atoms with Gasteiger partial charge >= 0.3 is 0 Å². The molecule has 0 radical (unpaired) electrons. The van der Waals surface area contributed by atoms with Crippen molar-refractivity contribution in [1.82, 2.24) is 9.97 Å². The second kappa shape index (κ2) is 6.00. The van der Waals surface area contributed by atoms with Crippen molar-refractivity contribution in [3.63, 3.8) is 0 Å². The summed E-state index contributed by atoms with van der Waals surface area (Å²) in [4.78, 5) is 8.54. The highest BCUT2D eigenvalue weighted by Gasteiger charge is 2.18. The molecule has 5 heteroatoms. The average Bonchev–Trinajstić information content (AvgIpc) is 2.36. The van der Waals surface area contributed by atoms with Crippen molar-refractivity contribution in [2.24, 2.45) is 17.7 Å². The van der Waals surface area contributed by atoms with Gasteiger partial charge in [0.2, 0.25) is 0 Å². The number of nitrogens with zero attached hydrogens (tertiary/aromatic N) is 2. The highest BCUT2D eigenvalue weighted by Crippen LogP contribution is 2.28. The molecule has 0 bridgehead atoms. The maximum absolute atomic E-state index is 5.38. The lowest BCUT2D eigenvalue weighted by atomic mass is 9.82. The molecule has 2 unspecified atom stereocenters. The molecule has 1 aliphatic rings. The normalized spacial score (nSPS) is 23.7. The molecule has 0 aromatic carbocycles. The number of aryl methyl sites for hydroxylation is 1. The molecule has 1 fully saturated rings. The zero-order valence-electron chi connectivity index (χ0n) is 11.2. The monoisotopic (exact) mass is 249 g/mol. The van der Waals surface area contributed by atoms with Gasteiger partial charge in [-0.1, -0.05) is 19.8 Å². The Hall–Kier alpha value is -1.36. The molecule has 1 aliphatic carbocycles. The molecule has 0 amide bonds. The third-order valence-corrected chi connectivity index (χ3v) is 3.60. The Bertz CT molecular complexity index is 393. The van der Waals surface area contributed by atoms with Crippen molar-refractivity contribution in [1.29, 1.82) is 0 Å². The fourth-order valence-corrected chi connectivity index (χ4v) is 2.73. The first-order valence-corrected chi connectivity index (χ1v) is 6.73. The second-order valence-corrected chi connectivity index (χ2v) is 5.35. The predicted molar refractivity (Wildman–Crippen MR) is 74.2 cm³/mol. The number of nitrogen functional groups attached to an aromatic ring is 1. The standard InChI is InChI=1S/C13H23N5/c1-9-4-3-5-11(6-9)8-15-12-7-13(18-14)17-10(2)16-12/h7,9,11H,3-6,8,14H2,1-2H3,(H2,15,16,17,18). The van der Waals surface area contributed by atoms with Crippen molar-refractivity contribution in [2.45, 2.75) is 39.5 Å². The number of hydrogen-bond donors (Lipinski definition) is 3. The fourth-order valence-electron chi connectivity index (χ4n) is 2.73. The molecule has 2 rings (SSSR count). The third-order valence-electron chi connectivity index (χ3n) is 3.60. The number of nitrogens with one attached hydrogen (secondary N) is 2. The summed E-state index contributed by atoms with van der Waals surface area (Å²) in [6.45, 7) is 5.21. The minimum Gasteiger partial charge on any atom is -0.370 e. The molecule has 1 heterocycles. The van der Waals surface area contributed by atoms with Gasteiger partial charge in [0, 0.05) is 12.6 Å². The quantitative estimate of drug-likeness (QED) is 0.564.